The highest BCUT2D eigenvalue weighted by atomic mass is 32.2. The molecule has 2 aromatic carbocycles. The van der Waals surface area contributed by atoms with Crippen molar-refractivity contribution in [3.63, 3.8) is 0 Å². The van der Waals surface area contributed by atoms with Crippen LogP contribution in [0, 0.1) is 5.82 Å². The molecule has 0 aliphatic rings. The number of amides is 1. The highest BCUT2D eigenvalue weighted by Crippen LogP contribution is 2.39. The van der Waals surface area contributed by atoms with E-state index in [1.54, 1.807) is 28.8 Å². The maximum atomic E-state index is 13.3. The molecule has 0 atom stereocenters. The van der Waals surface area contributed by atoms with Crippen molar-refractivity contribution in [3.05, 3.63) is 53.6 Å². The first kappa shape index (κ1) is 21.4. The summed E-state index contributed by atoms with van der Waals surface area (Å²) < 4.78 is 31.0. The Hall–Kier alpha value is -3.27. The SMILES string of the molecule is COc1ccc(C(=O)NCc2nnc(SC)n2-c2ccc(F)cc2)c(OC)c1OC. The Labute approximate surface area is 177 Å². The maximum absolute atomic E-state index is 13.3. The van der Waals surface area contributed by atoms with E-state index in [4.69, 9.17) is 14.2 Å². The molecular weight excluding hydrogens is 411 g/mol. The molecule has 0 radical (unpaired) electrons. The number of carbonyl (C=O) groups excluding carboxylic acids is 1. The van der Waals surface area contributed by atoms with Crippen LogP contribution in [-0.4, -0.2) is 48.3 Å². The second-order valence-electron chi connectivity index (χ2n) is 5.98. The first-order chi connectivity index (χ1) is 14.5. The fourth-order valence-electron chi connectivity index (χ4n) is 2.93. The van der Waals surface area contributed by atoms with Gasteiger partial charge in [-0.25, -0.2) is 4.39 Å². The molecule has 3 aromatic rings. The van der Waals surface area contributed by atoms with Gasteiger partial charge in [-0.15, -0.1) is 10.2 Å². The zero-order valence-electron chi connectivity index (χ0n) is 16.9. The molecule has 0 aliphatic heterocycles. The van der Waals surface area contributed by atoms with E-state index in [0.717, 1.165) is 0 Å². The van der Waals surface area contributed by atoms with Gasteiger partial charge in [0.2, 0.25) is 5.75 Å². The Kier molecular flexibility index (Phi) is 6.78. The van der Waals surface area contributed by atoms with Gasteiger partial charge < -0.3 is 19.5 Å². The van der Waals surface area contributed by atoms with Crippen LogP contribution in [0.1, 0.15) is 16.2 Å². The molecular formula is C20H21FN4O4S. The lowest BCUT2D eigenvalue weighted by Gasteiger charge is -2.15. The molecule has 1 N–H and O–H groups in total. The summed E-state index contributed by atoms with van der Waals surface area (Å²) in [7, 11) is 4.42. The van der Waals surface area contributed by atoms with Crippen molar-refractivity contribution in [1.29, 1.82) is 0 Å². The molecule has 0 spiro atoms. The third-order valence-corrected chi connectivity index (χ3v) is 4.95. The summed E-state index contributed by atoms with van der Waals surface area (Å²) in [4.78, 5) is 12.8. The fraction of sp³-hybridized carbons (Fsp3) is 0.250. The van der Waals surface area contributed by atoms with Crippen molar-refractivity contribution >= 4 is 17.7 Å². The lowest BCUT2D eigenvalue weighted by atomic mass is 10.1. The third-order valence-electron chi connectivity index (χ3n) is 4.32. The molecule has 0 saturated carbocycles. The van der Waals surface area contributed by atoms with Crippen LogP contribution in [0.4, 0.5) is 4.39 Å². The average molecular weight is 432 g/mol. The number of hydrogen-bond donors (Lipinski definition) is 1. The molecule has 0 unspecified atom stereocenters. The highest BCUT2D eigenvalue weighted by Gasteiger charge is 2.21. The minimum Gasteiger partial charge on any atom is -0.493 e. The predicted molar refractivity (Wildman–Crippen MR) is 110 cm³/mol. The normalized spacial score (nSPS) is 10.6. The van der Waals surface area contributed by atoms with Crippen LogP contribution in [0.2, 0.25) is 0 Å². The topological polar surface area (TPSA) is 87.5 Å². The number of benzene rings is 2. The quantitative estimate of drug-likeness (QED) is 0.547. The van der Waals surface area contributed by atoms with E-state index in [9.17, 15) is 9.18 Å². The Balaban J connectivity index is 1.87. The second-order valence-corrected chi connectivity index (χ2v) is 6.75. The zero-order valence-corrected chi connectivity index (χ0v) is 17.7. The summed E-state index contributed by atoms with van der Waals surface area (Å²) in [6.07, 6.45) is 1.86. The number of aromatic nitrogens is 3. The largest absolute Gasteiger partial charge is 0.493 e. The molecule has 8 nitrogen and oxygen atoms in total. The Morgan fingerprint density at radius 1 is 1.03 bits per heavy atom. The van der Waals surface area contributed by atoms with Crippen molar-refractivity contribution in [2.45, 2.75) is 11.7 Å². The molecule has 10 heteroatoms. The van der Waals surface area contributed by atoms with Crippen molar-refractivity contribution in [3.8, 4) is 22.9 Å². The summed E-state index contributed by atoms with van der Waals surface area (Å²) in [5, 5.41) is 11.7. The molecule has 0 fully saturated rings. The number of hydrogen-bond acceptors (Lipinski definition) is 7. The van der Waals surface area contributed by atoms with Crippen molar-refractivity contribution < 1.29 is 23.4 Å². The van der Waals surface area contributed by atoms with Crippen LogP contribution in [0.3, 0.4) is 0 Å². The maximum Gasteiger partial charge on any atom is 0.255 e. The third kappa shape index (κ3) is 4.18. The van der Waals surface area contributed by atoms with Gasteiger partial charge in [0.25, 0.3) is 5.91 Å². The van der Waals surface area contributed by atoms with Gasteiger partial charge in [-0.1, -0.05) is 11.8 Å². The van der Waals surface area contributed by atoms with Crippen LogP contribution < -0.4 is 19.5 Å². The second kappa shape index (κ2) is 9.49. The van der Waals surface area contributed by atoms with E-state index in [2.05, 4.69) is 15.5 Å². The van der Waals surface area contributed by atoms with Gasteiger partial charge in [0, 0.05) is 5.69 Å². The number of nitrogens with one attached hydrogen (secondary N) is 1. The molecule has 1 amide bonds. The number of halogens is 1. The molecule has 158 valence electrons. The van der Waals surface area contributed by atoms with Crippen LogP contribution in [0.5, 0.6) is 17.2 Å². The Morgan fingerprint density at radius 3 is 2.33 bits per heavy atom. The standard InChI is InChI=1S/C20H21FN4O4S/c1-27-15-10-9-14(17(28-2)18(15)29-3)19(26)22-11-16-23-24-20(30-4)25(16)13-7-5-12(21)6-8-13/h5-10H,11H2,1-4H3,(H,22,26). The molecule has 0 saturated heterocycles. The smallest absolute Gasteiger partial charge is 0.255 e. The lowest BCUT2D eigenvalue weighted by molar-refractivity contribution is 0.0946. The number of carbonyl (C=O) groups is 1. The summed E-state index contributed by atoms with van der Waals surface area (Å²) in [5.41, 5.74) is 0.979. The van der Waals surface area contributed by atoms with E-state index in [0.29, 0.717) is 28.2 Å². The molecule has 1 heterocycles. The highest BCUT2D eigenvalue weighted by molar-refractivity contribution is 7.98. The molecule has 1 aromatic heterocycles. The van der Waals surface area contributed by atoms with Gasteiger partial charge >= 0.3 is 0 Å². The molecule has 30 heavy (non-hydrogen) atoms. The van der Waals surface area contributed by atoms with Crippen molar-refractivity contribution in [1.82, 2.24) is 20.1 Å². The van der Waals surface area contributed by atoms with E-state index in [-0.39, 0.29) is 29.6 Å². The van der Waals surface area contributed by atoms with Gasteiger partial charge in [-0.2, -0.15) is 0 Å². The first-order valence-electron chi connectivity index (χ1n) is 8.85. The van der Waals surface area contributed by atoms with Gasteiger partial charge in [-0.3, -0.25) is 9.36 Å². The summed E-state index contributed by atoms with van der Waals surface area (Å²) >= 11 is 1.39. The van der Waals surface area contributed by atoms with Crippen molar-refractivity contribution in [2.75, 3.05) is 27.6 Å². The predicted octanol–water partition coefficient (Wildman–Crippen LogP) is 3.08. The summed E-state index contributed by atoms with van der Waals surface area (Å²) in [6, 6.07) is 9.19. The van der Waals surface area contributed by atoms with Gasteiger partial charge in [0.15, 0.2) is 22.5 Å². The van der Waals surface area contributed by atoms with Crippen LogP contribution >= 0.6 is 11.8 Å². The number of nitrogens with zero attached hydrogens (tertiary/aromatic N) is 3. The number of thioether (sulfide) groups is 1. The monoisotopic (exact) mass is 432 g/mol. The van der Waals surface area contributed by atoms with Crippen LogP contribution in [0.15, 0.2) is 41.6 Å². The Bertz CT molecular complexity index is 1040. The van der Waals surface area contributed by atoms with E-state index in [1.165, 1.54) is 45.2 Å². The van der Waals surface area contributed by atoms with Crippen LogP contribution in [0.25, 0.3) is 5.69 Å². The number of rotatable bonds is 8. The summed E-state index contributed by atoms with van der Waals surface area (Å²) in [6.45, 7) is 0.0985. The fourth-order valence-corrected chi connectivity index (χ4v) is 3.45. The minimum absolute atomic E-state index is 0.0985. The number of ether oxygens (including phenoxy) is 3. The van der Waals surface area contributed by atoms with Gasteiger partial charge in [0.1, 0.15) is 5.82 Å². The van der Waals surface area contributed by atoms with Gasteiger partial charge in [-0.05, 0) is 42.7 Å². The molecule has 0 bridgehead atoms. The Morgan fingerprint density at radius 2 is 1.73 bits per heavy atom. The number of methoxy groups -OCH3 is 3. The van der Waals surface area contributed by atoms with Crippen molar-refractivity contribution in [2.24, 2.45) is 0 Å². The molecule has 3 rings (SSSR count). The molecule has 0 aliphatic carbocycles. The average Bonchev–Trinajstić information content (AvgIpc) is 3.19. The first-order valence-corrected chi connectivity index (χ1v) is 10.1. The van der Waals surface area contributed by atoms with Gasteiger partial charge in [0.05, 0.1) is 33.4 Å². The van der Waals surface area contributed by atoms with E-state index >= 15 is 0 Å². The lowest BCUT2D eigenvalue weighted by Crippen LogP contribution is -2.25. The minimum atomic E-state index is -0.382. The summed E-state index contributed by atoms with van der Waals surface area (Å²) in [5.74, 6) is 0.816. The van der Waals surface area contributed by atoms with E-state index in [1.807, 2.05) is 6.26 Å². The zero-order chi connectivity index (χ0) is 21.7. The van der Waals surface area contributed by atoms with Crippen LogP contribution in [-0.2, 0) is 6.54 Å². The van der Waals surface area contributed by atoms with E-state index < -0.39 is 0 Å².